The zero-order valence-electron chi connectivity index (χ0n) is 14.3. The Bertz CT molecular complexity index is 444. The molecular formula is C20H33N. The molecule has 0 aliphatic heterocycles. The van der Waals surface area contributed by atoms with Gasteiger partial charge in [-0.25, -0.2) is 0 Å². The van der Waals surface area contributed by atoms with Crippen LogP contribution in [0.25, 0.3) is 0 Å². The molecule has 0 heterocycles. The molecular weight excluding hydrogens is 254 g/mol. The first-order valence-corrected chi connectivity index (χ1v) is 9.30. The Morgan fingerprint density at radius 2 is 1.86 bits per heavy atom. The Morgan fingerprint density at radius 1 is 1.14 bits per heavy atom. The van der Waals surface area contributed by atoms with Gasteiger partial charge in [-0.15, -0.1) is 0 Å². The van der Waals surface area contributed by atoms with Crippen LogP contribution in [-0.2, 0) is 0 Å². The lowest BCUT2D eigenvalue weighted by molar-refractivity contribution is -0.149. The molecule has 4 bridgehead atoms. The van der Waals surface area contributed by atoms with Crippen LogP contribution in [0.15, 0.2) is 11.6 Å². The highest BCUT2D eigenvalue weighted by atomic mass is 14.9. The molecule has 1 heteroatoms. The fraction of sp³-hybridized carbons (Fsp3) is 0.900. The molecule has 5 aliphatic carbocycles. The van der Waals surface area contributed by atoms with Crippen LogP contribution in [-0.4, -0.2) is 13.1 Å². The third-order valence-electron chi connectivity index (χ3n) is 7.25. The molecule has 1 nitrogen and oxygen atoms in total. The van der Waals surface area contributed by atoms with E-state index < -0.39 is 0 Å². The topological polar surface area (TPSA) is 12.0 Å². The van der Waals surface area contributed by atoms with Crippen LogP contribution in [0.2, 0.25) is 0 Å². The van der Waals surface area contributed by atoms with E-state index in [0.29, 0.717) is 22.3 Å². The van der Waals surface area contributed by atoms with Gasteiger partial charge in [-0.05, 0) is 93.4 Å². The maximum atomic E-state index is 3.68. The van der Waals surface area contributed by atoms with Gasteiger partial charge in [0.2, 0.25) is 0 Å². The highest BCUT2D eigenvalue weighted by molar-refractivity contribution is 5.18. The number of allylic oxidation sites excluding steroid dienone is 1. The molecule has 5 rings (SSSR count). The van der Waals surface area contributed by atoms with Gasteiger partial charge >= 0.3 is 0 Å². The first-order chi connectivity index (χ1) is 9.93. The van der Waals surface area contributed by atoms with Crippen molar-refractivity contribution in [2.75, 3.05) is 7.05 Å². The lowest BCUT2D eigenvalue weighted by Crippen LogP contribution is -2.56. The van der Waals surface area contributed by atoms with E-state index in [-0.39, 0.29) is 0 Å². The summed E-state index contributed by atoms with van der Waals surface area (Å²) in [4.78, 5) is 0. The smallest absolute Gasteiger partial charge is 0.0281 e. The molecule has 4 fully saturated rings. The zero-order chi connectivity index (χ0) is 14.7. The van der Waals surface area contributed by atoms with E-state index in [0.717, 1.165) is 5.92 Å². The minimum absolute atomic E-state index is 0.653. The van der Waals surface area contributed by atoms with Crippen LogP contribution in [0.3, 0.4) is 0 Å². The molecule has 0 saturated heterocycles. The van der Waals surface area contributed by atoms with Gasteiger partial charge in [0.25, 0.3) is 0 Å². The second-order valence-electron chi connectivity index (χ2n) is 9.85. The van der Waals surface area contributed by atoms with Crippen molar-refractivity contribution >= 4 is 0 Å². The second-order valence-corrected chi connectivity index (χ2v) is 9.85. The summed E-state index contributed by atoms with van der Waals surface area (Å²) < 4.78 is 0. The van der Waals surface area contributed by atoms with E-state index in [1.165, 1.54) is 64.2 Å². The molecule has 118 valence electrons. The third-order valence-corrected chi connectivity index (χ3v) is 7.25. The molecule has 0 aromatic rings. The minimum Gasteiger partial charge on any atom is -0.313 e. The Balaban J connectivity index is 1.59. The Labute approximate surface area is 131 Å². The SMILES string of the molecule is CNC(CC12CC3CC(C)(CC(C)(C3)C1)C2)C1=CCCC1. The van der Waals surface area contributed by atoms with Crippen molar-refractivity contribution in [1.29, 1.82) is 0 Å². The molecule has 3 atom stereocenters. The maximum absolute atomic E-state index is 3.68. The average Bonchev–Trinajstić information content (AvgIpc) is 2.85. The summed E-state index contributed by atoms with van der Waals surface area (Å²) in [5, 5.41) is 3.68. The van der Waals surface area contributed by atoms with Crippen molar-refractivity contribution in [3.8, 4) is 0 Å². The molecule has 21 heavy (non-hydrogen) atoms. The van der Waals surface area contributed by atoms with E-state index in [1.807, 2.05) is 0 Å². The molecule has 4 saturated carbocycles. The lowest BCUT2D eigenvalue weighted by Gasteiger charge is -2.66. The van der Waals surface area contributed by atoms with Crippen molar-refractivity contribution in [3.05, 3.63) is 11.6 Å². The average molecular weight is 287 g/mol. The summed E-state index contributed by atoms with van der Waals surface area (Å²) in [6, 6.07) is 0.663. The van der Waals surface area contributed by atoms with Gasteiger partial charge in [0, 0.05) is 6.04 Å². The zero-order valence-corrected chi connectivity index (χ0v) is 14.3. The number of nitrogens with one attached hydrogen (secondary N) is 1. The predicted molar refractivity (Wildman–Crippen MR) is 89.2 cm³/mol. The summed E-state index contributed by atoms with van der Waals surface area (Å²) >= 11 is 0. The molecule has 5 aliphatic rings. The Morgan fingerprint density at radius 3 is 2.38 bits per heavy atom. The standard InChI is InChI=1S/C20H33N/c1-18-8-15-9-19(2,12-18)14-20(10-15,13-18)11-17(21-3)16-6-4-5-7-16/h6,15,17,21H,4-5,7-14H2,1-3H3. The predicted octanol–water partition coefficient (Wildman–Crippen LogP) is 5.07. The molecule has 0 radical (unpaired) electrons. The van der Waals surface area contributed by atoms with Crippen LogP contribution >= 0.6 is 0 Å². The van der Waals surface area contributed by atoms with Crippen LogP contribution in [0.4, 0.5) is 0 Å². The highest BCUT2D eigenvalue weighted by Crippen LogP contribution is 2.70. The number of likely N-dealkylation sites (N-methyl/N-ethyl adjacent to an activating group) is 1. The number of rotatable bonds is 4. The van der Waals surface area contributed by atoms with E-state index >= 15 is 0 Å². The Hall–Kier alpha value is -0.300. The van der Waals surface area contributed by atoms with E-state index in [1.54, 1.807) is 5.57 Å². The summed E-state index contributed by atoms with van der Waals surface area (Å²) in [5.74, 6) is 1.03. The summed E-state index contributed by atoms with van der Waals surface area (Å²) in [5.41, 5.74) is 3.70. The van der Waals surface area contributed by atoms with E-state index in [9.17, 15) is 0 Å². The molecule has 0 aromatic heterocycles. The van der Waals surface area contributed by atoms with Gasteiger partial charge < -0.3 is 5.32 Å². The molecule has 0 amide bonds. The van der Waals surface area contributed by atoms with Gasteiger partial charge in [0.1, 0.15) is 0 Å². The van der Waals surface area contributed by atoms with Gasteiger partial charge in [0.05, 0.1) is 0 Å². The molecule has 3 unspecified atom stereocenters. The third kappa shape index (κ3) is 2.40. The summed E-state index contributed by atoms with van der Waals surface area (Å²) in [6.45, 7) is 5.21. The molecule has 0 spiro atoms. The fourth-order valence-electron chi connectivity index (χ4n) is 7.78. The first kappa shape index (κ1) is 14.3. The Kier molecular flexibility index (Phi) is 3.13. The van der Waals surface area contributed by atoms with Crippen molar-refractivity contribution in [3.63, 3.8) is 0 Å². The normalized spacial score (nSPS) is 49.5. The summed E-state index contributed by atoms with van der Waals surface area (Å²) in [6.07, 6.45) is 17.1. The van der Waals surface area contributed by atoms with Gasteiger partial charge in [-0.1, -0.05) is 25.5 Å². The van der Waals surface area contributed by atoms with Gasteiger partial charge in [-0.2, -0.15) is 0 Å². The van der Waals surface area contributed by atoms with Crippen molar-refractivity contribution in [1.82, 2.24) is 5.32 Å². The van der Waals surface area contributed by atoms with Crippen LogP contribution in [0, 0.1) is 22.2 Å². The fourth-order valence-corrected chi connectivity index (χ4v) is 7.78. The second kappa shape index (κ2) is 4.60. The number of hydrogen-bond acceptors (Lipinski definition) is 1. The molecule has 0 aromatic carbocycles. The van der Waals surface area contributed by atoms with Crippen LogP contribution in [0.5, 0.6) is 0 Å². The maximum Gasteiger partial charge on any atom is 0.0281 e. The quantitative estimate of drug-likeness (QED) is 0.712. The van der Waals surface area contributed by atoms with Gasteiger partial charge in [-0.3, -0.25) is 0 Å². The van der Waals surface area contributed by atoms with Gasteiger partial charge in [0.15, 0.2) is 0 Å². The number of hydrogen-bond donors (Lipinski definition) is 1. The van der Waals surface area contributed by atoms with Crippen molar-refractivity contribution in [2.45, 2.75) is 84.1 Å². The monoisotopic (exact) mass is 287 g/mol. The van der Waals surface area contributed by atoms with Crippen LogP contribution < -0.4 is 5.32 Å². The van der Waals surface area contributed by atoms with Crippen molar-refractivity contribution < 1.29 is 0 Å². The van der Waals surface area contributed by atoms with Crippen molar-refractivity contribution in [2.24, 2.45) is 22.2 Å². The summed E-state index contributed by atoms with van der Waals surface area (Å²) in [7, 11) is 2.19. The minimum atomic E-state index is 0.653. The van der Waals surface area contributed by atoms with E-state index in [2.05, 4.69) is 32.3 Å². The largest absolute Gasteiger partial charge is 0.313 e. The lowest BCUT2D eigenvalue weighted by atomic mass is 9.39. The highest BCUT2D eigenvalue weighted by Gasteiger charge is 2.60. The van der Waals surface area contributed by atoms with E-state index in [4.69, 9.17) is 0 Å². The van der Waals surface area contributed by atoms with Crippen LogP contribution in [0.1, 0.15) is 78.1 Å². The molecule has 1 N–H and O–H groups in total. The first-order valence-electron chi connectivity index (χ1n) is 9.30.